The Kier molecular flexibility index (Phi) is 31.6. The van der Waals surface area contributed by atoms with Crippen LogP contribution in [-0.4, -0.2) is 259 Å². The molecule has 0 aromatic carbocycles. The molecule has 4 saturated heterocycles. The van der Waals surface area contributed by atoms with Gasteiger partial charge in [0, 0.05) is 74.9 Å². The molecule has 0 unspecified atom stereocenters. The monoisotopic (exact) mass is 1400 g/mol. The fourth-order valence-electron chi connectivity index (χ4n) is 11.5. The van der Waals surface area contributed by atoms with Crippen molar-refractivity contribution in [2.45, 2.75) is 232 Å². The van der Waals surface area contributed by atoms with E-state index in [0.29, 0.717) is 6.42 Å². The minimum Gasteiger partial charge on any atom is -0.481 e. The highest BCUT2D eigenvalue weighted by atomic mass is 16.7. The molecule has 38 heteroatoms. The van der Waals surface area contributed by atoms with Gasteiger partial charge in [-0.1, -0.05) is 13.8 Å². The van der Waals surface area contributed by atoms with Crippen molar-refractivity contribution in [2.24, 2.45) is 11.7 Å². The number of esters is 5. The van der Waals surface area contributed by atoms with Gasteiger partial charge in [-0.2, -0.15) is 0 Å². The third kappa shape index (κ3) is 25.0. The molecule has 0 spiro atoms. The predicted molar refractivity (Wildman–Crippen MR) is 328 cm³/mol. The van der Waals surface area contributed by atoms with E-state index in [4.69, 9.17) is 48.4 Å². The van der Waals surface area contributed by atoms with Crippen LogP contribution < -0.4 is 48.3 Å². The summed E-state index contributed by atoms with van der Waals surface area (Å²) in [6, 6.07) is -11.8. The molecule has 4 fully saturated rings. The van der Waals surface area contributed by atoms with Crippen molar-refractivity contribution in [3.05, 3.63) is 0 Å². The summed E-state index contributed by atoms with van der Waals surface area (Å²) in [7, 11) is 0. The first-order chi connectivity index (χ1) is 45.9. The Bertz CT molecular complexity index is 2970. The highest BCUT2D eigenvalue weighted by Crippen LogP contribution is 2.33. The van der Waals surface area contributed by atoms with Crippen LogP contribution in [0.15, 0.2) is 0 Å². The van der Waals surface area contributed by atoms with E-state index in [2.05, 4.69) is 42.5 Å². The first-order valence-electron chi connectivity index (χ1n) is 31.7. The zero-order valence-electron chi connectivity index (χ0n) is 56.6. The molecule has 4 aliphatic heterocycles. The molecular formula is C60H91N11O27. The molecule has 0 aliphatic carbocycles. The van der Waals surface area contributed by atoms with Crippen LogP contribution in [0.2, 0.25) is 0 Å². The van der Waals surface area contributed by atoms with Gasteiger partial charge in [0.15, 0.2) is 37.0 Å². The second-order valence-electron chi connectivity index (χ2n) is 24.2. The van der Waals surface area contributed by atoms with Gasteiger partial charge in [-0.25, -0.2) is 0 Å². The zero-order chi connectivity index (χ0) is 73.6. The van der Waals surface area contributed by atoms with E-state index in [-0.39, 0.29) is 51.1 Å². The SMILES string of the molecule is CC(=O)N[C@H]1[C@@H](OC[C@H]2O[C@H](O[C@H](C)[C@H](NC(=O)[C@@H]3CCCN3C(=O)[C@H](C)NC(=O)[C@H](CC(C)C)NC(=O)[C@H](CCC(=O)O)NC(C)=O)C(=O)NCC(=O)N3CCC[C@H]3C(=O)NCC(N)=O)[C@H](NC(C)=O)[C@@H](OC(C)=O)[C@H]2OC(C)=O)O[C@H](COC(C)=O)[C@H](OC(C)=O)[C@@H]1OC(C)=O. The molecular weight excluding hydrogens is 1310 g/mol. The maximum absolute atomic E-state index is 14.8. The van der Waals surface area contributed by atoms with E-state index < -0.39 is 237 Å². The van der Waals surface area contributed by atoms with Crippen LogP contribution in [0.1, 0.15) is 128 Å². The number of nitrogens with one attached hydrogen (secondary N) is 8. The second-order valence-corrected chi connectivity index (χ2v) is 24.2. The third-order valence-electron chi connectivity index (χ3n) is 15.5. The zero-order valence-corrected chi connectivity index (χ0v) is 56.6. The Morgan fingerprint density at radius 2 is 1.04 bits per heavy atom. The fourth-order valence-corrected chi connectivity index (χ4v) is 11.5. The van der Waals surface area contributed by atoms with Gasteiger partial charge in [-0.3, -0.25) is 81.5 Å². The quantitative estimate of drug-likeness (QED) is 0.0217. The van der Waals surface area contributed by atoms with Crippen LogP contribution in [0.25, 0.3) is 0 Å². The van der Waals surface area contributed by atoms with Gasteiger partial charge in [0.1, 0.15) is 67.1 Å². The van der Waals surface area contributed by atoms with Crippen molar-refractivity contribution >= 4 is 101 Å². The topological polar surface area (TPSA) is 522 Å². The minimum atomic E-state index is -1.96. The molecule has 17 atom stereocenters. The Morgan fingerprint density at radius 3 is 1.54 bits per heavy atom. The van der Waals surface area contributed by atoms with Gasteiger partial charge in [-0.05, 0) is 58.3 Å². The van der Waals surface area contributed by atoms with Crippen molar-refractivity contribution < 1.29 is 129 Å². The molecule has 4 aliphatic rings. The summed E-state index contributed by atoms with van der Waals surface area (Å²) in [5.41, 5.74) is 5.21. The van der Waals surface area contributed by atoms with Gasteiger partial charge in [-0.15, -0.1) is 0 Å². The number of amides is 11. The van der Waals surface area contributed by atoms with Crippen LogP contribution in [0.3, 0.4) is 0 Å². The summed E-state index contributed by atoms with van der Waals surface area (Å²) >= 11 is 0. The lowest BCUT2D eigenvalue weighted by Crippen LogP contribution is -2.69. The summed E-state index contributed by atoms with van der Waals surface area (Å²) < 4.78 is 52.9. The minimum absolute atomic E-state index is 0.0125. The van der Waals surface area contributed by atoms with E-state index in [9.17, 15) is 86.6 Å². The molecule has 0 saturated carbocycles. The lowest BCUT2D eigenvalue weighted by molar-refractivity contribution is -0.312. The Hall–Kier alpha value is -9.17. The van der Waals surface area contributed by atoms with Gasteiger partial charge in [0.25, 0.3) is 0 Å². The van der Waals surface area contributed by atoms with Gasteiger partial charge in [0.05, 0.1) is 25.8 Å². The number of likely N-dealkylation sites (tertiary alicyclic amines) is 2. The molecule has 38 nitrogen and oxygen atoms in total. The van der Waals surface area contributed by atoms with Crippen LogP contribution in [0.5, 0.6) is 0 Å². The molecule has 98 heavy (non-hydrogen) atoms. The maximum Gasteiger partial charge on any atom is 0.303 e. The second kappa shape index (κ2) is 38.1. The highest BCUT2D eigenvalue weighted by Gasteiger charge is 2.55. The summed E-state index contributed by atoms with van der Waals surface area (Å²) in [6.45, 7) is 11.3. The summed E-state index contributed by atoms with van der Waals surface area (Å²) in [5.74, 6) is -15.5. The molecule has 0 bridgehead atoms. The number of hydrogen-bond acceptors (Lipinski definition) is 26. The van der Waals surface area contributed by atoms with Crippen molar-refractivity contribution in [3.63, 3.8) is 0 Å². The fraction of sp³-hybridized carbons (Fsp3) is 0.717. The molecule has 11 amide bonds. The van der Waals surface area contributed by atoms with Crippen LogP contribution in [0, 0.1) is 5.92 Å². The number of primary amides is 1. The number of hydrogen-bond donors (Lipinski definition) is 10. The van der Waals surface area contributed by atoms with E-state index in [1.165, 1.54) is 13.8 Å². The van der Waals surface area contributed by atoms with Crippen molar-refractivity contribution in [2.75, 3.05) is 39.4 Å². The molecule has 548 valence electrons. The molecule has 4 heterocycles. The number of carboxylic acid groups (broad SMARTS) is 1. The maximum atomic E-state index is 14.8. The lowest BCUT2D eigenvalue weighted by Gasteiger charge is -2.47. The first kappa shape index (κ1) is 81.3. The van der Waals surface area contributed by atoms with Gasteiger partial charge >= 0.3 is 35.8 Å². The number of aliphatic carboxylic acids is 1. The highest BCUT2D eigenvalue weighted by molar-refractivity contribution is 5.98. The average molecular weight is 1400 g/mol. The first-order valence-corrected chi connectivity index (χ1v) is 31.7. The molecule has 0 aromatic rings. The summed E-state index contributed by atoms with van der Waals surface area (Å²) in [4.78, 5) is 225. The van der Waals surface area contributed by atoms with Crippen LogP contribution in [-0.2, 0) is 124 Å². The average Bonchev–Trinajstić information content (AvgIpc) is 0.800. The molecule has 4 rings (SSSR count). The third-order valence-corrected chi connectivity index (χ3v) is 15.5. The number of carboxylic acids is 1. The van der Waals surface area contributed by atoms with E-state index >= 15 is 0 Å². The number of nitrogens with zero attached hydrogens (tertiary/aromatic N) is 2. The van der Waals surface area contributed by atoms with E-state index in [1.54, 1.807) is 13.8 Å². The normalized spacial score (nSPS) is 25.0. The number of ether oxygens (including phenoxy) is 9. The Labute approximate surface area is 563 Å². The summed E-state index contributed by atoms with van der Waals surface area (Å²) in [6.07, 6.45) is -15.6. The van der Waals surface area contributed by atoms with Crippen molar-refractivity contribution in [1.82, 2.24) is 52.3 Å². The van der Waals surface area contributed by atoms with E-state index in [0.717, 1.165) is 65.2 Å². The predicted octanol–water partition coefficient (Wildman–Crippen LogP) is -5.25. The standard InChI is InChI=1S/C60H91N11O27/c1-26(2)21-38(68-53(84)37(65-29(5)72)17-18-45(82)83)54(85)64-27(3)58(89)71-20-14-16-40(71)56(87)69-46(57(88)63-23-44(81)70-19-13-15-39(70)55(86)62-22-43(61)80)28(4)92-60-48(67-31(7)74)52(96-36(12)79)50(94-34(10)77)42(98-60)25-91-59-47(66-30(6)73)51(95-35(11)78)49(93-33(9)76)41(97-59)24-90-32(8)75/h26-28,37-42,46-52,59-60H,13-25H2,1-12H3,(H2,61,80)(H,62,86)(H,63,88)(H,64,85)(H,65,72)(H,66,73)(H,67,74)(H,68,84)(H,69,87)(H,82,83)/t27-,28+,37-,38-,39-,40-,41+,42+,46-,47+,48+,49-,50-,51+,52+,59-,60-/m0/s1. The Balaban J connectivity index is 1.78. The summed E-state index contributed by atoms with van der Waals surface area (Å²) in [5, 5.41) is 29.1. The molecule has 0 radical (unpaired) electrons. The smallest absolute Gasteiger partial charge is 0.303 e. The Morgan fingerprint density at radius 1 is 0.541 bits per heavy atom. The lowest BCUT2D eigenvalue weighted by atomic mass is 9.95. The van der Waals surface area contributed by atoms with Gasteiger partial charge < -0.3 is 106 Å². The van der Waals surface area contributed by atoms with E-state index in [1.807, 2.05) is 0 Å². The number of carbonyl (C=O) groups is 17. The number of carbonyl (C=O) groups excluding carboxylic acids is 16. The van der Waals surface area contributed by atoms with Gasteiger partial charge in [0.2, 0.25) is 65.0 Å². The molecule has 11 N–H and O–H groups in total. The van der Waals surface area contributed by atoms with Crippen LogP contribution in [0.4, 0.5) is 0 Å². The number of nitrogens with two attached hydrogens (primary N) is 1. The van der Waals surface area contributed by atoms with Crippen molar-refractivity contribution in [3.8, 4) is 0 Å². The largest absolute Gasteiger partial charge is 0.481 e. The van der Waals surface area contributed by atoms with Crippen molar-refractivity contribution in [1.29, 1.82) is 0 Å². The molecule has 0 aromatic heterocycles. The number of rotatable bonds is 33. The van der Waals surface area contributed by atoms with Crippen LogP contribution >= 0.6 is 0 Å².